The zero-order chi connectivity index (χ0) is 10.2. The van der Waals surface area contributed by atoms with Crippen molar-refractivity contribution in [2.45, 2.75) is 39.2 Å². The van der Waals surface area contributed by atoms with Gasteiger partial charge in [-0.2, -0.15) is 0 Å². The quantitative estimate of drug-likeness (QED) is 0.470. The lowest BCUT2D eigenvalue weighted by molar-refractivity contribution is 0.0978. The minimum Gasteiger partial charge on any atom is -0.377 e. The number of rotatable bonds is 8. The third-order valence-electron chi connectivity index (χ3n) is 2.12. The Hall–Kier alpha value is 0.0269. The summed E-state index contributed by atoms with van der Waals surface area (Å²) in [4.78, 5) is 0. The topological polar surface area (TPSA) is 27.7 Å². The molecule has 0 aliphatic rings. The van der Waals surface area contributed by atoms with Gasteiger partial charge in [0.1, 0.15) is 0 Å². The molecule has 5 heteroatoms. The molecule has 0 unspecified atom stereocenters. The molecule has 0 heterocycles. The molecule has 0 atom stereocenters. The standard InChI is InChI=1S/C9H22O3Si.FH/c1-5-7-8-9-12-13(6-2,10-3)11-4;/h5-9H2,1-4H3;1H. The molecule has 0 saturated carbocycles. The monoisotopic (exact) mass is 226 g/mol. The van der Waals surface area contributed by atoms with Crippen LogP contribution in [0, 0.1) is 0 Å². The zero-order valence-electron chi connectivity index (χ0n) is 9.67. The van der Waals surface area contributed by atoms with Gasteiger partial charge in [-0.1, -0.05) is 26.7 Å². The molecule has 0 aliphatic carbocycles. The van der Waals surface area contributed by atoms with Gasteiger partial charge in [-0.05, 0) is 6.42 Å². The van der Waals surface area contributed by atoms with Crippen molar-refractivity contribution in [2.75, 3.05) is 20.8 Å². The maximum absolute atomic E-state index is 5.67. The summed E-state index contributed by atoms with van der Waals surface area (Å²) in [6.07, 6.45) is 3.52. The predicted molar refractivity (Wildman–Crippen MR) is 58.2 cm³/mol. The van der Waals surface area contributed by atoms with Gasteiger partial charge in [0.05, 0.1) is 0 Å². The van der Waals surface area contributed by atoms with Crippen LogP contribution in [0.1, 0.15) is 33.1 Å². The van der Waals surface area contributed by atoms with Crippen molar-refractivity contribution in [1.82, 2.24) is 0 Å². The Labute approximate surface area is 87.5 Å². The second-order valence-corrected chi connectivity index (χ2v) is 6.18. The van der Waals surface area contributed by atoms with Crippen LogP contribution in [0.2, 0.25) is 6.04 Å². The van der Waals surface area contributed by atoms with Gasteiger partial charge in [0.2, 0.25) is 0 Å². The lowest BCUT2D eigenvalue weighted by atomic mass is 10.3. The predicted octanol–water partition coefficient (Wildman–Crippen LogP) is 2.60. The average Bonchev–Trinajstić information content (AvgIpc) is 2.20. The molecule has 0 N–H and O–H groups in total. The Kier molecular flexibility index (Phi) is 11.3. The Morgan fingerprint density at radius 1 is 1.00 bits per heavy atom. The van der Waals surface area contributed by atoms with Crippen molar-refractivity contribution in [3.05, 3.63) is 0 Å². The summed E-state index contributed by atoms with van der Waals surface area (Å²) in [6, 6.07) is 0.839. The molecule has 0 amide bonds. The SMILES string of the molecule is CCCCCO[Si](CC)(OC)OC.F. The number of halogens is 1. The second-order valence-electron chi connectivity index (χ2n) is 3.00. The van der Waals surface area contributed by atoms with Crippen LogP contribution in [-0.2, 0) is 13.3 Å². The molecule has 0 saturated heterocycles. The Morgan fingerprint density at radius 2 is 1.57 bits per heavy atom. The van der Waals surface area contributed by atoms with Crippen molar-refractivity contribution < 1.29 is 18.0 Å². The van der Waals surface area contributed by atoms with Crippen LogP contribution in [-0.4, -0.2) is 29.6 Å². The summed E-state index contributed by atoms with van der Waals surface area (Å²) < 4.78 is 16.3. The van der Waals surface area contributed by atoms with E-state index in [9.17, 15) is 0 Å². The molecule has 0 aromatic carbocycles. The van der Waals surface area contributed by atoms with Crippen LogP contribution in [0.15, 0.2) is 0 Å². The number of hydrogen-bond donors (Lipinski definition) is 0. The minimum absolute atomic E-state index is 0. The minimum atomic E-state index is -2.27. The van der Waals surface area contributed by atoms with Crippen LogP contribution >= 0.6 is 0 Å². The van der Waals surface area contributed by atoms with E-state index in [4.69, 9.17) is 13.3 Å². The summed E-state index contributed by atoms with van der Waals surface area (Å²) >= 11 is 0. The highest BCUT2D eigenvalue weighted by Gasteiger charge is 2.36. The van der Waals surface area contributed by atoms with Crippen LogP contribution < -0.4 is 0 Å². The van der Waals surface area contributed by atoms with Crippen molar-refractivity contribution in [1.29, 1.82) is 0 Å². The van der Waals surface area contributed by atoms with E-state index < -0.39 is 8.80 Å². The van der Waals surface area contributed by atoms with E-state index in [1.165, 1.54) is 12.8 Å². The van der Waals surface area contributed by atoms with Gasteiger partial charge in [0.15, 0.2) is 0 Å². The van der Waals surface area contributed by atoms with E-state index in [0.29, 0.717) is 0 Å². The third kappa shape index (κ3) is 5.69. The van der Waals surface area contributed by atoms with Crippen molar-refractivity contribution in [2.24, 2.45) is 0 Å². The summed E-state index contributed by atoms with van der Waals surface area (Å²) in [7, 11) is 1.06. The Morgan fingerprint density at radius 3 is 1.93 bits per heavy atom. The molecule has 14 heavy (non-hydrogen) atoms. The molecule has 0 radical (unpaired) electrons. The fourth-order valence-electron chi connectivity index (χ4n) is 1.17. The fourth-order valence-corrected chi connectivity index (χ4v) is 2.81. The molecule has 0 spiro atoms. The highest BCUT2D eigenvalue weighted by Crippen LogP contribution is 2.13. The van der Waals surface area contributed by atoms with Gasteiger partial charge in [0.25, 0.3) is 0 Å². The Bertz CT molecular complexity index is 112. The van der Waals surface area contributed by atoms with E-state index in [1.54, 1.807) is 14.2 Å². The zero-order valence-corrected chi connectivity index (χ0v) is 10.7. The molecule has 0 aliphatic heterocycles. The molecular weight excluding hydrogens is 203 g/mol. The average molecular weight is 226 g/mol. The molecule has 0 bridgehead atoms. The van der Waals surface area contributed by atoms with E-state index in [0.717, 1.165) is 19.1 Å². The molecule has 88 valence electrons. The maximum atomic E-state index is 5.67. The fraction of sp³-hybridized carbons (Fsp3) is 1.00. The van der Waals surface area contributed by atoms with Crippen LogP contribution in [0.4, 0.5) is 4.70 Å². The maximum Gasteiger partial charge on any atom is 0.500 e. The molecule has 0 aromatic rings. The van der Waals surface area contributed by atoms with Gasteiger partial charge < -0.3 is 13.3 Å². The van der Waals surface area contributed by atoms with E-state index in [-0.39, 0.29) is 4.70 Å². The molecule has 0 rings (SSSR count). The Balaban J connectivity index is 0. The second kappa shape index (κ2) is 9.58. The number of unbranched alkanes of at least 4 members (excludes halogenated alkanes) is 2. The normalized spacial score (nSPS) is 11.1. The first kappa shape index (κ1) is 16.5. The smallest absolute Gasteiger partial charge is 0.377 e. The number of hydrogen-bond acceptors (Lipinski definition) is 3. The van der Waals surface area contributed by atoms with Crippen LogP contribution in [0.3, 0.4) is 0 Å². The largest absolute Gasteiger partial charge is 0.500 e. The first-order valence-electron chi connectivity index (χ1n) is 4.99. The van der Waals surface area contributed by atoms with Crippen LogP contribution in [0.25, 0.3) is 0 Å². The van der Waals surface area contributed by atoms with Gasteiger partial charge in [0, 0.05) is 26.9 Å². The lowest BCUT2D eigenvalue weighted by Crippen LogP contribution is -2.43. The summed E-state index contributed by atoms with van der Waals surface area (Å²) in [5.74, 6) is 0. The van der Waals surface area contributed by atoms with E-state index in [1.807, 2.05) is 6.92 Å². The summed E-state index contributed by atoms with van der Waals surface area (Å²) in [5.41, 5.74) is 0. The lowest BCUT2D eigenvalue weighted by Gasteiger charge is -2.24. The first-order chi connectivity index (χ1) is 6.24. The van der Waals surface area contributed by atoms with Gasteiger partial charge in [-0.3, -0.25) is 4.70 Å². The van der Waals surface area contributed by atoms with Gasteiger partial charge in [-0.15, -0.1) is 0 Å². The first-order valence-corrected chi connectivity index (χ1v) is 6.92. The molecular formula is C9H23FO3Si. The van der Waals surface area contributed by atoms with Gasteiger partial charge >= 0.3 is 8.80 Å². The van der Waals surface area contributed by atoms with Crippen molar-refractivity contribution in [3.63, 3.8) is 0 Å². The van der Waals surface area contributed by atoms with Crippen molar-refractivity contribution >= 4 is 8.80 Å². The van der Waals surface area contributed by atoms with E-state index in [2.05, 4.69) is 6.92 Å². The molecule has 0 aromatic heterocycles. The highest BCUT2D eigenvalue weighted by atomic mass is 28.4. The third-order valence-corrected chi connectivity index (χ3v) is 4.88. The van der Waals surface area contributed by atoms with E-state index >= 15 is 0 Å². The highest BCUT2D eigenvalue weighted by molar-refractivity contribution is 6.60. The molecule has 3 nitrogen and oxygen atoms in total. The van der Waals surface area contributed by atoms with Crippen molar-refractivity contribution in [3.8, 4) is 0 Å². The summed E-state index contributed by atoms with van der Waals surface area (Å²) in [5, 5.41) is 0. The van der Waals surface area contributed by atoms with Gasteiger partial charge in [-0.25, -0.2) is 0 Å². The summed E-state index contributed by atoms with van der Waals surface area (Å²) in [6.45, 7) is 4.98. The molecule has 0 fully saturated rings. The van der Waals surface area contributed by atoms with Crippen LogP contribution in [0.5, 0.6) is 0 Å².